The van der Waals surface area contributed by atoms with Crippen LogP contribution in [0, 0.1) is 0 Å². The van der Waals surface area contributed by atoms with Crippen molar-refractivity contribution in [1.29, 1.82) is 0 Å². The van der Waals surface area contributed by atoms with Gasteiger partial charge >= 0.3 is 0 Å². The average Bonchev–Trinajstić information content (AvgIpc) is 2.52. The number of carbonyl (C=O) groups is 2. The molecule has 0 N–H and O–H groups in total. The lowest BCUT2D eigenvalue weighted by Gasteiger charge is -2.34. The van der Waals surface area contributed by atoms with Crippen LogP contribution in [-0.4, -0.2) is 60.8 Å². The molecule has 0 spiro atoms. The summed E-state index contributed by atoms with van der Waals surface area (Å²) in [6.07, 6.45) is 1.24. The first-order chi connectivity index (χ1) is 10.6. The first-order valence-electron chi connectivity index (χ1n) is 7.82. The first-order valence-corrected chi connectivity index (χ1v) is 7.82. The number of hydrogen-bond acceptors (Lipinski definition) is 4. The summed E-state index contributed by atoms with van der Waals surface area (Å²) in [7, 11) is 0. The van der Waals surface area contributed by atoms with E-state index in [1.165, 1.54) is 0 Å². The van der Waals surface area contributed by atoms with Crippen molar-refractivity contribution < 1.29 is 14.3 Å². The Bertz CT molecular complexity index is 482. The van der Waals surface area contributed by atoms with Crippen LogP contribution in [0.25, 0.3) is 0 Å². The van der Waals surface area contributed by atoms with E-state index in [2.05, 4.69) is 4.90 Å². The van der Waals surface area contributed by atoms with E-state index in [0.717, 1.165) is 25.3 Å². The van der Waals surface area contributed by atoms with Crippen molar-refractivity contribution in [2.75, 3.05) is 39.3 Å². The summed E-state index contributed by atoms with van der Waals surface area (Å²) in [6, 6.07) is 9.64. The van der Waals surface area contributed by atoms with E-state index in [0.29, 0.717) is 32.7 Å². The van der Waals surface area contributed by atoms with Gasteiger partial charge in [-0.3, -0.25) is 14.5 Å². The minimum Gasteiger partial charge on any atom is -0.494 e. The van der Waals surface area contributed by atoms with E-state index in [9.17, 15) is 9.59 Å². The lowest BCUT2D eigenvalue weighted by Crippen LogP contribution is -2.49. The van der Waals surface area contributed by atoms with Crippen LogP contribution >= 0.6 is 0 Å². The summed E-state index contributed by atoms with van der Waals surface area (Å²) in [5.74, 6) is 1.20. The summed E-state index contributed by atoms with van der Waals surface area (Å²) in [4.78, 5) is 27.2. The van der Waals surface area contributed by atoms with Gasteiger partial charge in [-0.2, -0.15) is 0 Å². The maximum atomic E-state index is 12.1. The number of carbonyl (C=O) groups excluding carboxylic acids is 2. The van der Waals surface area contributed by atoms with E-state index in [4.69, 9.17) is 4.74 Å². The Labute approximate surface area is 131 Å². The molecule has 5 heteroatoms. The number of para-hydroxylation sites is 1. The highest BCUT2D eigenvalue weighted by atomic mass is 16.5. The summed E-state index contributed by atoms with van der Waals surface area (Å²) < 4.78 is 5.59. The Morgan fingerprint density at radius 3 is 2.41 bits per heavy atom. The molecule has 0 bridgehead atoms. The number of hydrogen-bond donors (Lipinski definition) is 0. The van der Waals surface area contributed by atoms with Crippen LogP contribution in [0.15, 0.2) is 30.3 Å². The molecule has 0 saturated carbocycles. The zero-order valence-electron chi connectivity index (χ0n) is 13.2. The van der Waals surface area contributed by atoms with Gasteiger partial charge in [-0.25, -0.2) is 0 Å². The lowest BCUT2D eigenvalue weighted by molar-refractivity contribution is -0.133. The van der Waals surface area contributed by atoms with E-state index in [1.54, 1.807) is 6.92 Å². The first kappa shape index (κ1) is 16.5. The van der Waals surface area contributed by atoms with Crippen molar-refractivity contribution in [2.24, 2.45) is 0 Å². The minimum absolute atomic E-state index is 0.179. The molecule has 1 aromatic carbocycles. The molecular weight excluding hydrogens is 280 g/mol. The Hall–Kier alpha value is -1.88. The van der Waals surface area contributed by atoms with Crippen LogP contribution in [0.3, 0.4) is 0 Å². The molecule has 0 radical (unpaired) electrons. The number of ketones is 1. The lowest BCUT2D eigenvalue weighted by atomic mass is 10.2. The van der Waals surface area contributed by atoms with Gasteiger partial charge in [0.2, 0.25) is 5.91 Å². The molecule has 1 saturated heterocycles. The van der Waals surface area contributed by atoms with Crippen molar-refractivity contribution in [3.05, 3.63) is 30.3 Å². The van der Waals surface area contributed by atoms with Crippen molar-refractivity contribution in [3.8, 4) is 5.75 Å². The number of Topliss-reactive ketones (excluding diaryl/α,β-unsaturated/α-hetero) is 1. The third-order valence-electron chi connectivity index (χ3n) is 3.72. The second-order valence-corrected chi connectivity index (χ2v) is 5.62. The largest absolute Gasteiger partial charge is 0.494 e. The fourth-order valence-corrected chi connectivity index (χ4v) is 2.56. The van der Waals surface area contributed by atoms with Gasteiger partial charge < -0.3 is 9.64 Å². The SMILES string of the molecule is CC(=O)CN1CCN(C(=O)CCCOc2ccccc2)CC1. The molecule has 1 heterocycles. The van der Waals surface area contributed by atoms with Crippen LogP contribution in [-0.2, 0) is 9.59 Å². The van der Waals surface area contributed by atoms with E-state index in [-0.39, 0.29) is 11.7 Å². The van der Waals surface area contributed by atoms with Gasteiger partial charge in [-0.05, 0) is 25.5 Å². The van der Waals surface area contributed by atoms with Crippen molar-refractivity contribution in [1.82, 2.24) is 9.80 Å². The van der Waals surface area contributed by atoms with Crippen molar-refractivity contribution in [3.63, 3.8) is 0 Å². The van der Waals surface area contributed by atoms with Crippen molar-refractivity contribution >= 4 is 11.7 Å². The Kier molecular flexibility index (Phi) is 6.40. The highest BCUT2D eigenvalue weighted by Gasteiger charge is 2.21. The molecule has 5 nitrogen and oxygen atoms in total. The molecule has 120 valence electrons. The zero-order chi connectivity index (χ0) is 15.8. The number of rotatable bonds is 7. The molecule has 1 aromatic rings. The molecule has 22 heavy (non-hydrogen) atoms. The minimum atomic E-state index is 0.179. The van der Waals surface area contributed by atoms with Gasteiger partial charge in [0, 0.05) is 32.6 Å². The Balaban J connectivity index is 1.61. The third-order valence-corrected chi connectivity index (χ3v) is 3.72. The number of amides is 1. The zero-order valence-corrected chi connectivity index (χ0v) is 13.2. The Morgan fingerprint density at radius 1 is 1.09 bits per heavy atom. The summed E-state index contributed by atoms with van der Waals surface area (Å²) >= 11 is 0. The maximum Gasteiger partial charge on any atom is 0.222 e. The maximum absolute atomic E-state index is 12.1. The highest BCUT2D eigenvalue weighted by molar-refractivity contribution is 5.78. The predicted molar refractivity (Wildman–Crippen MR) is 84.9 cm³/mol. The van der Waals surface area contributed by atoms with Crippen LogP contribution in [0.5, 0.6) is 5.75 Å². The molecule has 0 aliphatic carbocycles. The molecule has 1 aliphatic rings. The molecule has 0 atom stereocenters. The van der Waals surface area contributed by atoms with Gasteiger partial charge in [0.1, 0.15) is 11.5 Å². The molecule has 1 amide bonds. The van der Waals surface area contributed by atoms with Gasteiger partial charge in [0.05, 0.1) is 13.2 Å². The number of benzene rings is 1. The quantitative estimate of drug-likeness (QED) is 0.718. The van der Waals surface area contributed by atoms with Crippen LogP contribution in [0.2, 0.25) is 0 Å². The fourth-order valence-electron chi connectivity index (χ4n) is 2.56. The molecular formula is C17H24N2O3. The standard InChI is InChI=1S/C17H24N2O3/c1-15(20)14-18-9-11-19(12-10-18)17(21)8-5-13-22-16-6-3-2-4-7-16/h2-4,6-7H,5,8-14H2,1H3. The van der Waals surface area contributed by atoms with E-state index in [1.807, 2.05) is 35.2 Å². The predicted octanol–water partition coefficient (Wildman–Crippen LogP) is 1.58. The van der Waals surface area contributed by atoms with Gasteiger partial charge in [0.25, 0.3) is 0 Å². The fraction of sp³-hybridized carbons (Fsp3) is 0.529. The molecule has 1 fully saturated rings. The molecule has 2 rings (SSSR count). The highest BCUT2D eigenvalue weighted by Crippen LogP contribution is 2.10. The Morgan fingerprint density at radius 2 is 1.77 bits per heavy atom. The molecule has 1 aliphatic heterocycles. The normalized spacial score (nSPS) is 15.6. The van der Waals surface area contributed by atoms with Crippen LogP contribution in [0.1, 0.15) is 19.8 Å². The topological polar surface area (TPSA) is 49.9 Å². The van der Waals surface area contributed by atoms with Crippen LogP contribution in [0.4, 0.5) is 0 Å². The number of nitrogens with zero attached hydrogens (tertiary/aromatic N) is 2. The van der Waals surface area contributed by atoms with Gasteiger partial charge in [-0.15, -0.1) is 0 Å². The number of ether oxygens (including phenoxy) is 1. The molecule has 0 unspecified atom stereocenters. The van der Waals surface area contributed by atoms with E-state index < -0.39 is 0 Å². The van der Waals surface area contributed by atoms with Gasteiger partial charge in [0.15, 0.2) is 0 Å². The monoisotopic (exact) mass is 304 g/mol. The van der Waals surface area contributed by atoms with Crippen molar-refractivity contribution in [2.45, 2.75) is 19.8 Å². The second kappa shape index (κ2) is 8.54. The van der Waals surface area contributed by atoms with Gasteiger partial charge in [-0.1, -0.05) is 18.2 Å². The number of piperazine rings is 1. The van der Waals surface area contributed by atoms with E-state index >= 15 is 0 Å². The average molecular weight is 304 g/mol. The van der Waals surface area contributed by atoms with Crippen LogP contribution < -0.4 is 4.74 Å². The smallest absolute Gasteiger partial charge is 0.222 e. The second-order valence-electron chi connectivity index (χ2n) is 5.62. The summed E-state index contributed by atoms with van der Waals surface area (Å²) in [5.41, 5.74) is 0. The summed E-state index contributed by atoms with van der Waals surface area (Å²) in [5, 5.41) is 0. The summed E-state index contributed by atoms with van der Waals surface area (Å²) in [6.45, 7) is 5.65. The molecule has 0 aromatic heterocycles. The third kappa shape index (κ3) is 5.48.